The molecule has 0 aliphatic carbocycles. The van der Waals surface area contributed by atoms with E-state index in [2.05, 4.69) is 15.5 Å². The Kier molecular flexibility index (Phi) is 4.41. The zero-order valence-electron chi connectivity index (χ0n) is 13.1. The van der Waals surface area contributed by atoms with Gasteiger partial charge in [-0.1, -0.05) is 0 Å². The predicted molar refractivity (Wildman–Crippen MR) is 82.0 cm³/mol. The number of methoxy groups -OCH3 is 1. The summed E-state index contributed by atoms with van der Waals surface area (Å²) in [6.07, 6.45) is 2.68. The Morgan fingerprint density at radius 1 is 1.38 bits per heavy atom. The highest BCUT2D eigenvalue weighted by Gasteiger charge is 2.29. The quantitative estimate of drug-likeness (QED) is 0.873. The largest absolute Gasteiger partial charge is 0.494 e. The van der Waals surface area contributed by atoms with Gasteiger partial charge in [0.25, 0.3) is 5.91 Å². The number of hydrogen-bond donors (Lipinski definition) is 1. The molecule has 0 spiro atoms. The molecular weight excluding hydrogens is 314 g/mol. The molecule has 1 aliphatic rings. The number of hydrogen-bond acceptors (Lipinski definition) is 6. The number of aliphatic carboxylic acids is 1. The Morgan fingerprint density at radius 3 is 2.88 bits per heavy atom. The Balaban J connectivity index is 1.88. The minimum absolute atomic E-state index is 0.210. The van der Waals surface area contributed by atoms with Crippen LogP contribution < -0.4 is 4.74 Å². The number of tetrazole rings is 1. The van der Waals surface area contributed by atoms with Crippen LogP contribution in [0.5, 0.6) is 5.75 Å². The lowest BCUT2D eigenvalue weighted by Crippen LogP contribution is -2.42. The molecule has 9 nitrogen and oxygen atoms in total. The first-order valence-corrected chi connectivity index (χ1v) is 7.53. The van der Waals surface area contributed by atoms with E-state index in [1.165, 1.54) is 18.1 Å². The number of amides is 1. The van der Waals surface area contributed by atoms with Crippen LogP contribution >= 0.6 is 0 Å². The van der Waals surface area contributed by atoms with E-state index >= 15 is 0 Å². The lowest BCUT2D eigenvalue weighted by Gasteiger charge is -2.30. The zero-order valence-corrected chi connectivity index (χ0v) is 13.1. The summed E-state index contributed by atoms with van der Waals surface area (Å²) in [4.78, 5) is 25.5. The second kappa shape index (κ2) is 6.65. The number of benzene rings is 1. The molecule has 3 rings (SSSR count). The van der Waals surface area contributed by atoms with Gasteiger partial charge in [-0.2, -0.15) is 4.68 Å². The Labute approximate surface area is 137 Å². The summed E-state index contributed by atoms with van der Waals surface area (Å²) in [5.41, 5.74) is 0.979. The van der Waals surface area contributed by atoms with E-state index in [9.17, 15) is 9.59 Å². The smallest absolute Gasteiger partial charge is 0.308 e. The minimum atomic E-state index is -0.864. The molecular formula is C15H17N5O4. The first kappa shape index (κ1) is 15.9. The van der Waals surface area contributed by atoms with Gasteiger partial charge in [-0.3, -0.25) is 9.59 Å². The fourth-order valence-electron chi connectivity index (χ4n) is 2.82. The van der Waals surface area contributed by atoms with Crippen molar-refractivity contribution < 1.29 is 19.4 Å². The van der Waals surface area contributed by atoms with Crippen LogP contribution in [0.1, 0.15) is 23.2 Å². The van der Waals surface area contributed by atoms with Crippen LogP contribution in [-0.4, -0.2) is 62.3 Å². The number of rotatable bonds is 4. The molecule has 9 heteroatoms. The van der Waals surface area contributed by atoms with E-state index in [0.717, 1.165) is 0 Å². The van der Waals surface area contributed by atoms with Crippen molar-refractivity contribution in [2.45, 2.75) is 12.8 Å². The topological polar surface area (TPSA) is 110 Å². The fraction of sp³-hybridized carbons (Fsp3) is 0.400. The van der Waals surface area contributed by atoms with Crippen molar-refractivity contribution in [2.75, 3.05) is 20.2 Å². The monoisotopic (exact) mass is 331 g/mol. The second-order valence-electron chi connectivity index (χ2n) is 5.57. The van der Waals surface area contributed by atoms with Gasteiger partial charge >= 0.3 is 5.97 Å². The minimum Gasteiger partial charge on any atom is -0.494 e. The Morgan fingerprint density at radius 2 is 2.21 bits per heavy atom. The number of likely N-dealkylation sites (tertiary alicyclic amines) is 1. The molecule has 2 heterocycles. The molecule has 1 atom stereocenters. The van der Waals surface area contributed by atoms with Gasteiger partial charge in [0.15, 0.2) is 0 Å². The third kappa shape index (κ3) is 3.05. The van der Waals surface area contributed by atoms with E-state index in [1.807, 2.05) is 0 Å². The van der Waals surface area contributed by atoms with Gasteiger partial charge in [0, 0.05) is 18.7 Å². The second-order valence-corrected chi connectivity index (χ2v) is 5.57. The van der Waals surface area contributed by atoms with Crippen molar-refractivity contribution in [1.29, 1.82) is 0 Å². The summed E-state index contributed by atoms with van der Waals surface area (Å²) >= 11 is 0. The number of piperidine rings is 1. The number of aromatic nitrogens is 4. The molecule has 126 valence electrons. The van der Waals surface area contributed by atoms with Gasteiger partial charge in [-0.15, -0.1) is 5.10 Å². The highest BCUT2D eigenvalue weighted by molar-refractivity contribution is 5.95. The Hall–Kier alpha value is -2.97. The first-order valence-electron chi connectivity index (χ1n) is 7.53. The van der Waals surface area contributed by atoms with Crippen molar-refractivity contribution in [3.8, 4) is 11.4 Å². The highest BCUT2D eigenvalue weighted by Crippen LogP contribution is 2.25. The van der Waals surface area contributed by atoms with E-state index in [0.29, 0.717) is 36.4 Å². The normalized spacial score (nSPS) is 17.5. The average Bonchev–Trinajstić information content (AvgIpc) is 3.15. The third-order valence-electron chi connectivity index (χ3n) is 4.08. The predicted octanol–water partition coefficient (Wildman–Crippen LogP) is 0.608. The number of ether oxygens (including phenoxy) is 1. The summed E-state index contributed by atoms with van der Waals surface area (Å²) in [6.45, 7) is 0.773. The van der Waals surface area contributed by atoms with E-state index in [4.69, 9.17) is 9.84 Å². The van der Waals surface area contributed by atoms with E-state index < -0.39 is 11.9 Å². The summed E-state index contributed by atoms with van der Waals surface area (Å²) in [5, 5.41) is 20.1. The molecule has 1 aromatic heterocycles. The molecule has 1 amide bonds. The van der Waals surface area contributed by atoms with Gasteiger partial charge in [-0.25, -0.2) is 0 Å². The van der Waals surface area contributed by atoms with Gasteiger partial charge in [0.05, 0.1) is 13.0 Å². The zero-order chi connectivity index (χ0) is 17.1. The maximum Gasteiger partial charge on any atom is 0.308 e. The van der Waals surface area contributed by atoms with E-state index in [-0.39, 0.29) is 12.5 Å². The van der Waals surface area contributed by atoms with Crippen molar-refractivity contribution in [3.63, 3.8) is 0 Å². The fourth-order valence-corrected chi connectivity index (χ4v) is 2.82. The molecule has 24 heavy (non-hydrogen) atoms. The van der Waals surface area contributed by atoms with Gasteiger partial charge in [-0.05, 0) is 41.5 Å². The first-order chi connectivity index (χ1) is 11.6. The highest BCUT2D eigenvalue weighted by atomic mass is 16.5. The van der Waals surface area contributed by atoms with Crippen LogP contribution in [0, 0.1) is 5.92 Å². The van der Waals surface area contributed by atoms with Crippen LogP contribution in [0.15, 0.2) is 24.5 Å². The molecule has 1 aromatic carbocycles. The average molecular weight is 331 g/mol. The van der Waals surface area contributed by atoms with Crippen LogP contribution in [-0.2, 0) is 4.79 Å². The maximum absolute atomic E-state index is 12.7. The van der Waals surface area contributed by atoms with Crippen molar-refractivity contribution in [1.82, 2.24) is 25.1 Å². The SMILES string of the molecule is COc1ccc(C(=O)N2CCC[C@H](C(=O)O)C2)cc1-n1cnnn1. The molecule has 1 saturated heterocycles. The number of nitrogens with zero attached hydrogens (tertiary/aromatic N) is 5. The maximum atomic E-state index is 12.7. The molecule has 1 fully saturated rings. The number of carbonyl (C=O) groups excluding carboxylic acids is 1. The van der Waals surface area contributed by atoms with Crippen molar-refractivity contribution in [2.24, 2.45) is 5.92 Å². The number of carboxylic acids is 1. The van der Waals surface area contributed by atoms with Crippen molar-refractivity contribution >= 4 is 11.9 Å². The molecule has 0 radical (unpaired) electrons. The van der Waals surface area contributed by atoms with Crippen LogP contribution in [0.4, 0.5) is 0 Å². The molecule has 2 aromatic rings. The van der Waals surface area contributed by atoms with Crippen LogP contribution in [0.25, 0.3) is 5.69 Å². The molecule has 0 saturated carbocycles. The lowest BCUT2D eigenvalue weighted by molar-refractivity contribution is -0.143. The summed E-state index contributed by atoms with van der Waals surface area (Å²) in [5.74, 6) is -1.06. The van der Waals surface area contributed by atoms with Gasteiger partial charge in [0.2, 0.25) is 0 Å². The molecule has 1 N–H and O–H groups in total. The molecule has 0 bridgehead atoms. The van der Waals surface area contributed by atoms with Crippen LogP contribution in [0.2, 0.25) is 0 Å². The lowest BCUT2D eigenvalue weighted by atomic mass is 9.97. The number of carbonyl (C=O) groups is 2. The molecule has 0 unspecified atom stereocenters. The van der Waals surface area contributed by atoms with Crippen LogP contribution in [0.3, 0.4) is 0 Å². The van der Waals surface area contributed by atoms with Gasteiger partial charge in [0.1, 0.15) is 17.8 Å². The summed E-state index contributed by atoms with van der Waals surface area (Å²) < 4.78 is 6.69. The Bertz CT molecular complexity index is 746. The van der Waals surface area contributed by atoms with Gasteiger partial charge < -0.3 is 14.7 Å². The summed E-state index contributed by atoms with van der Waals surface area (Å²) in [6, 6.07) is 4.96. The van der Waals surface area contributed by atoms with Crippen molar-refractivity contribution in [3.05, 3.63) is 30.1 Å². The van der Waals surface area contributed by atoms with E-state index in [1.54, 1.807) is 23.1 Å². The summed E-state index contributed by atoms with van der Waals surface area (Å²) in [7, 11) is 1.52. The third-order valence-corrected chi connectivity index (χ3v) is 4.08. The molecule has 1 aliphatic heterocycles. The standard InChI is InChI=1S/C15H17N5O4/c1-24-13-5-4-10(7-12(13)20-9-16-17-18-20)14(21)19-6-2-3-11(8-19)15(22)23/h4-5,7,9,11H,2-3,6,8H2,1H3,(H,22,23)/t11-/m0/s1. The number of carboxylic acid groups (broad SMARTS) is 1.